The zero-order valence-corrected chi connectivity index (χ0v) is 10.2. The quantitative estimate of drug-likeness (QED) is 0.745. The fourth-order valence-corrected chi connectivity index (χ4v) is 1.95. The van der Waals surface area contributed by atoms with Gasteiger partial charge in [-0.2, -0.15) is 0 Å². The molecule has 0 aromatic heterocycles. The predicted octanol–water partition coefficient (Wildman–Crippen LogP) is 2.08. The summed E-state index contributed by atoms with van der Waals surface area (Å²) in [4.78, 5) is 2.43. The molecule has 88 valence electrons. The van der Waals surface area contributed by atoms with Gasteiger partial charge in [0.05, 0.1) is 0 Å². The summed E-state index contributed by atoms with van der Waals surface area (Å²) in [5.74, 6) is 0. The Bertz CT molecular complexity index is 358. The number of likely N-dealkylation sites (N-methyl/N-ethyl adjacent to an activating group) is 1. The van der Waals surface area contributed by atoms with E-state index in [4.69, 9.17) is 5.73 Å². The van der Waals surface area contributed by atoms with Crippen LogP contribution >= 0.6 is 0 Å². The van der Waals surface area contributed by atoms with Crippen LogP contribution in [0.2, 0.25) is 0 Å². The fraction of sp³-hybridized carbons (Fsp3) is 0.538. The lowest BCUT2D eigenvalue weighted by Crippen LogP contribution is -2.27. The van der Waals surface area contributed by atoms with Gasteiger partial charge < -0.3 is 16.0 Å². The standard InChI is InChI=1S/C13H21N3/c1-10-9-11(14)3-6-13(10)15-7-8-16(2)12-4-5-12/h3,6,9,12,15H,4-5,7-8,14H2,1-2H3. The van der Waals surface area contributed by atoms with E-state index in [1.54, 1.807) is 0 Å². The van der Waals surface area contributed by atoms with Crippen LogP contribution in [-0.2, 0) is 0 Å². The van der Waals surface area contributed by atoms with Crippen molar-refractivity contribution in [3.63, 3.8) is 0 Å². The van der Waals surface area contributed by atoms with Crippen molar-refractivity contribution in [2.24, 2.45) is 0 Å². The van der Waals surface area contributed by atoms with Gasteiger partial charge in [-0.05, 0) is 50.6 Å². The Morgan fingerprint density at radius 3 is 2.81 bits per heavy atom. The van der Waals surface area contributed by atoms with Gasteiger partial charge in [-0.15, -0.1) is 0 Å². The third-order valence-corrected chi connectivity index (χ3v) is 3.20. The SMILES string of the molecule is Cc1cc(N)ccc1NCCN(C)C1CC1. The maximum atomic E-state index is 5.72. The van der Waals surface area contributed by atoms with Crippen molar-refractivity contribution in [3.05, 3.63) is 23.8 Å². The van der Waals surface area contributed by atoms with Crippen molar-refractivity contribution in [3.8, 4) is 0 Å². The minimum atomic E-state index is 0.832. The average molecular weight is 219 g/mol. The van der Waals surface area contributed by atoms with E-state index < -0.39 is 0 Å². The van der Waals surface area contributed by atoms with E-state index in [1.165, 1.54) is 24.1 Å². The molecule has 0 amide bonds. The number of anilines is 2. The molecule has 0 saturated heterocycles. The lowest BCUT2D eigenvalue weighted by molar-refractivity contribution is 0.337. The van der Waals surface area contributed by atoms with Crippen LogP contribution in [0.15, 0.2) is 18.2 Å². The van der Waals surface area contributed by atoms with Gasteiger partial charge in [-0.25, -0.2) is 0 Å². The number of nitrogens with one attached hydrogen (secondary N) is 1. The number of hydrogen-bond acceptors (Lipinski definition) is 3. The monoisotopic (exact) mass is 219 g/mol. The molecule has 0 aliphatic heterocycles. The maximum absolute atomic E-state index is 5.72. The molecule has 2 rings (SSSR count). The Balaban J connectivity index is 1.80. The fourth-order valence-electron chi connectivity index (χ4n) is 1.95. The molecule has 1 fully saturated rings. The maximum Gasteiger partial charge on any atom is 0.0371 e. The third kappa shape index (κ3) is 2.89. The summed E-state index contributed by atoms with van der Waals surface area (Å²) < 4.78 is 0. The molecule has 0 atom stereocenters. The van der Waals surface area contributed by atoms with Gasteiger partial charge in [0.15, 0.2) is 0 Å². The summed E-state index contributed by atoms with van der Waals surface area (Å²) in [5, 5.41) is 3.46. The number of hydrogen-bond donors (Lipinski definition) is 2. The normalized spacial score (nSPS) is 15.4. The van der Waals surface area contributed by atoms with Crippen LogP contribution in [0.5, 0.6) is 0 Å². The van der Waals surface area contributed by atoms with Gasteiger partial charge in [0.2, 0.25) is 0 Å². The second-order valence-corrected chi connectivity index (χ2v) is 4.71. The van der Waals surface area contributed by atoms with Gasteiger partial charge in [0, 0.05) is 30.5 Å². The van der Waals surface area contributed by atoms with E-state index in [0.717, 1.165) is 24.8 Å². The van der Waals surface area contributed by atoms with Crippen LogP contribution < -0.4 is 11.1 Å². The van der Waals surface area contributed by atoms with Crippen LogP contribution in [-0.4, -0.2) is 31.1 Å². The molecule has 0 unspecified atom stereocenters. The van der Waals surface area contributed by atoms with Crippen LogP contribution in [0.1, 0.15) is 18.4 Å². The van der Waals surface area contributed by atoms with E-state index in [-0.39, 0.29) is 0 Å². The van der Waals surface area contributed by atoms with Crippen molar-refractivity contribution in [1.82, 2.24) is 4.90 Å². The lowest BCUT2D eigenvalue weighted by Gasteiger charge is -2.17. The molecule has 3 N–H and O–H groups in total. The number of rotatable bonds is 5. The first-order chi connectivity index (χ1) is 7.66. The van der Waals surface area contributed by atoms with E-state index in [2.05, 4.69) is 30.3 Å². The zero-order valence-electron chi connectivity index (χ0n) is 10.2. The van der Waals surface area contributed by atoms with Gasteiger partial charge in [0.25, 0.3) is 0 Å². The van der Waals surface area contributed by atoms with Crippen LogP contribution in [0.25, 0.3) is 0 Å². The molecule has 0 radical (unpaired) electrons. The van der Waals surface area contributed by atoms with Crippen LogP contribution in [0, 0.1) is 6.92 Å². The highest BCUT2D eigenvalue weighted by molar-refractivity contribution is 5.57. The zero-order chi connectivity index (χ0) is 11.5. The first-order valence-electron chi connectivity index (χ1n) is 5.97. The molecular weight excluding hydrogens is 198 g/mol. The number of nitrogen functional groups attached to an aromatic ring is 1. The molecule has 0 spiro atoms. The summed E-state index contributed by atoms with van der Waals surface area (Å²) in [6.07, 6.45) is 2.74. The van der Waals surface area contributed by atoms with Crippen molar-refractivity contribution in [2.75, 3.05) is 31.2 Å². The Morgan fingerprint density at radius 1 is 1.44 bits per heavy atom. The summed E-state index contributed by atoms with van der Waals surface area (Å²) in [5.41, 5.74) is 8.96. The molecule has 0 heterocycles. The molecule has 16 heavy (non-hydrogen) atoms. The van der Waals surface area contributed by atoms with Gasteiger partial charge in [-0.1, -0.05) is 0 Å². The topological polar surface area (TPSA) is 41.3 Å². The second-order valence-electron chi connectivity index (χ2n) is 4.71. The number of nitrogens with two attached hydrogens (primary N) is 1. The molecule has 1 aliphatic carbocycles. The summed E-state index contributed by atoms with van der Waals surface area (Å²) in [6, 6.07) is 6.85. The van der Waals surface area contributed by atoms with Crippen LogP contribution in [0.4, 0.5) is 11.4 Å². The number of aryl methyl sites for hydroxylation is 1. The summed E-state index contributed by atoms with van der Waals surface area (Å²) in [6.45, 7) is 4.19. The molecule has 1 saturated carbocycles. The predicted molar refractivity (Wildman–Crippen MR) is 69.7 cm³/mol. The molecule has 3 nitrogen and oxygen atoms in total. The van der Waals surface area contributed by atoms with Crippen molar-refractivity contribution in [1.29, 1.82) is 0 Å². The summed E-state index contributed by atoms with van der Waals surface area (Å²) >= 11 is 0. The smallest absolute Gasteiger partial charge is 0.0371 e. The number of benzene rings is 1. The molecule has 0 bridgehead atoms. The van der Waals surface area contributed by atoms with E-state index >= 15 is 0 Å². The minimum absolute atomic E-state index is 0.832. The average Bonchev–Trinajstić information content (AvgIpc) is 3.04. The van der Waals surface area contributed by atoms with Crippen LogP contribution in [0.3, 0.4) is 0 Å². The Labute approximate surface area is 97.6 Å². The molecule has 1 aromatic carbocycles. The van der Waals surface area contributed by atoms with E-state index in [1.807, 2.05) is 12.1 Å². The van der Waals surface area contributed by atoms with Gasteiger partial charge >= 0.3 is 0 Å². The first-order valence-corrected chi connectivity index (χ1v) is 5.97. The Morgan fingerprint density at radius 2 is 2.19 bits per heavy atom. The first kappa shape index (κ1) is 11.3. The van der Waals surface area contributed by atoms with E-state index in [0.29, 0.717) is 0 Å². The number of nitrogens with zero attached hydrogens (tertiary/aromatic N) is 1. The van der Waals surface area contributed by atoms with Gasteiger partial charge in [0.1, 0.15) is 0 Å². The Hall–Kier alpha value is -1.22. The Kier molecular flexibility index (Phi) is 3.34. The molecule has 1 aromatic rings. The minimum Gasteiger partial charge on any atom is -0.399 e. The largest absolute Gasteiger partial charge is 0.399 e. The second kappa shape index (κ2) is 4.74. The van der Waals surface area contributed by atoms with Crippen molar-refractivity contribution in [2.45, 2.75) is 25.8 Å². The van der Waals surface area contributed by atoms with E-state index in [9.17, 15) is 0 Å². The molecule has 1 aliphatic rings. The lowest BCUT2D eigenvalue weighted by atomic mass is 10.2. The molecule has 3 heteroatoms. The molecular formula is C13H21N3. The summed E-state index contributed by atoms with van der Waals surface area (Å²) in [7, 11) is 2.20. The van der Waals surface area contributed by atoms with Crippen molar-refractivity contribution >= 4 is 11.4 Å². The highest BCUT2D eigenvalue weighted by Gasteiger charge is 2.25. The third-order valence-electron chi connectivity index (χ3n) is 3.20. The van der Waals surface area contributed by atoms with Gasteiger partial charge in [-0.3, -0.25) is 0 Å². The van der Waals surface area contributed by atoms with Crippen molar-refractivity contribution < 1.29 is 0 Å². The highest BCUT2D eigenvalue weighted by atomic mass is 15.2. The highest BCUT2D eigenvalue weighted by Crippen LogP contribution is 2.25.